The van der Waals surface area contributed by atoms with Crippen LogP contribution in [0.3, 0.4) is 0 Å². The summed E-state index contributed by atoms with van der Waals surface area (Å²) in [6.07, 6.45) is 6.25. The first-order chi connectivity index (χ1) is 20.0. The lowest BCUT2D eigenvalue weighted by molar-refractivity contribution is -0.140. The number of rotatable bonds is 11. The van der Waals surface area contributed by atoms with Crippen LogP contribution in [0.1, 0.15) is 48.8 Å². The Labute approximate surface area is 258 Å². The molecule has 1 saturated carbocycles. The molecule has 3 aromatic rings. The first kappa shape index (κ1) is 31.9. The number of halogens is 2. The molecular weight excluding hydrogens is 593 g/mol. The van der Waals surface area contributed by atoms with Gasteiger partial charge in [-0.3, -0.25) is 13.9 Å². The second-order valence-electron chi connectivity index (χ2n) is 10.9. The summed E-state index contributed by atoms with van der Waals surface area (Å²) >= 11 is 13.1. The molecule has 1 atom stereocenters. The van der Waals surface area contributed by atoms with Gasteiger partial charge in [-0.25, -0.2) is 8.42 Å². The van der Waals surface area contributed by atoms with Crippen molar-refractivity contribution in [2.24, 2.45) is 0 Å². The lowest BCUT2D eigenvalue weighted by Crippen LogP contribution is -2.55. The van der Waals surface area contributed by atoms with E-state index in [0.29, 0.717) is 21.3 Å². The van der Waals surface area contributed by atoms with Crippen LogP contribution >= 0.6 is 23.2 Å². The van der Waals surface area contributed by atoms with Gasteiger partial charge in [-0.15, -0.1) is 0 Å². The van der Waals surface area contributed by atoms with Crippen molar-refractivity contribution >= 4 is 50.7 Å². The number of nitrogens with one attached hydrogen (secondary N) is 1. The Hall–Kier alpha value is -3.07. The van der Waals surface area contributed by atoms with Crippen LogP contribution in [0.5, 0.6) is 0 Å². The highest BCUT2D eigenvalue weighted by Crippen LogP contribution is 2.28. The Kier molecular flexibility index (Phi) is 10.9. The molecule has 0 aromatic heterocycles. The number of hydrogen-bond acceptors (Lipinski definition) is 4. The molecule has 10 heteroatoms. The molecule has 2 amide bonds. The van der Waals surface area contributed by atoms with Gasteiger partial charge >= 0.3 is 0 Å². The van der Waals surface area contributed by atoms with Crippen molar-refractivity contribution in [3.05, 3.63) is 99.5 Å². The minimum absolute atomic E-state index is 0.0189. The minimum Gasteiger partial charge on any atom is -0.352 e. The van der Waals surface area contributed by atoms with Gasteiger partial charge in [-0.1, -0.05) is 96.6 Å². The predicted octanol–water partition coefficient (Wildman–Crippen LogP) is 6.16. The van der Waals surface area contributed by atoms with Gasteiger partial charge in [0, 0.05) is 34.6 Å². The molecule has 1 aliphatic carbocycles. The molecule has 4 rings (SSSR count). The molecule has 0 saturated heterocycles. The highest BCUT2D eigenvalue weighted by molar-refractivity contribution is 7.92. The molecule has 1 fully saturated rings. The summed E-state index contributed by atoms with van der Waals surface area (Å²) in [4.78, 5) is 29.7. The number of anilines is 1. The number of amides is 2. The molecule has 0 unspecified atom stereocenters. The maximum Gasteiger partial charge on any atom is 0.244 e. The quantitative estimate of drug-likeness (QED) is 0.275. The van der Waals surface area contributed by atoms with Crippen LogP contribution in [-0.4, -0.2) is 50.0 Å². The van der Waals surface area contributed by atoms with E-state index in [0.717, 1.165) is 53.8 Å². The van der Waals surface area contributed by atoms with E-state index in [4.69, 9.17) is 23.2 Å². The smallest absolute Gasteiger partial charge is 0.244 e. The van der Waals surface area contributed by atoms with Crippen LogP contribution < -0.4 is 9.62 Å². The van der Waals surface area contributed by atoms with Gasteiger partial charge in [-0.05, 0) is 49.6 Å². The van der Waals surface area contributed by atoms with Gasteiger partial charge in [0.1, 0.15) is 12.6 Å². The normalized spacial score (nSPS) is 14.7. The fourth-order valence-corrected chi connectivity index (χ4v) is 6.64. The van der Waals surface area contributed by atoms with Crippen LogP contribution in [0, 0.1) is 6.92 Å². The summed E-state index contributed by atoms with van der Waals surface area (Å²) in [5.74, 6) is -0.833. The zero-order chi connectivity index (χ0) is 30.3. The summed E-state index contributed by atoms with van der Waals surface area (Å²) in [5, 5.41) is 3.88. The van der Waals surface area contributed by atoms with E-state index >= 15 is 0 Å². The van der Waals surface area contributed by atoms with Crippen LogP contribution in [0.2, 0.25) is 10.0 Å². The van der Waals surface area contributed by atoms with Crippen molar-refractivity contribution in [3.63, 3.8) is 0 Å². The minimum atomic E-state index is -3.84. The highest BCUT2D eigenvalue weighted by Gasteiger charge is 2.34. The van der Waals surface area contributed by atoms with Gasteiger partial charge in [0.15, 0.2) is 0 Å². The zero-order valence-electron chi connectivity index (χ0n) is 23.9. The highest BCUT2D eigenvalue weighted by atomic mass is 35.5. The van der Waals surface area contributed by atoms with Crippen molar-refractivity contribution in [2.75, 3.05) is 17.1 Å². The van der Waals surface area contributed by atoms with Crippen LogP contribution in [0.25, 0.3) is 0 Å². The van der Waals surface area contributed by atoms with Gasteiger partial charge < -0.3 is 10.2 Å². The topological polar surface area (TPSA) is 86.8 Å². The number of hydrogen-bond donors (Lipinski definition) is 1. The van der Waals surface area contributed by atoms with Crippen LogP contribution in [-0.2, 0) is 32.6 Å². The van der Waals surface area contributed by atoms with E-state index in [1.807, 2.05) is 37.3 Å². The zero-order valence-corrected chi connectivity index (χ0v) is 26.3. The molecule has 0 heterocycles. The molecular formula is C32H37Cl2N3O4S. The third-order valence-corrected chi connectivity index (χ3v) is 9.46. The second kappa shape index (κ2) is 14.4. The van der Waals surface area contributed by atoms with Gasteiger partial charge in [-0.2, -0.15) is 0 Å². The average Bonchev–Trinajstić information content (AvgIpc) is 2.96. The predicted molar refractivity (Wildman–Crippen MR) is 169 cm³/mol. The standard InChI is InChI=1S/C32H37Cl2N3O4S/c1-23-16-18-26(19-17-23)37(42(2,40)41)22-31(38)36(21-27-28(33)14-9-15-29(27)34)30(20-24-10-5-3-6-11-24)32(39)35-25-12-7-4-8-13-25/h3,5-6,9-11,14-19,25,30H,4,7-8,12-13,20-22H2,1-2H3,(H,35,39)/t30-/m1/s1. The summed E-state index contributed by atoms with van der Waals surface area (Å²) in [5.41, 5.74) is 2.66. The molecule has 42 heavy (non-hydrogen) atoms. The second-order valence-corrected chi connectivity index (χ2v) is 13.6. The fraction of sp³-hybridized carbons (Fsp3) is 0.375. The SMILES string of the molecule is Cc1ccc(N(CC(=O)N(Cc2c(Cl)cccc2Cl)[C@H](Cc2ccccc2)C(=O)NC2CCCCC2)S(C)(=O)=O)cc1. The summed E-state index contributed by atoms with van der Waals surface area (Å²) < 4.78 is 26.9. The van der Waals surface area contributed by atoms with Crippen LogP contribution in [0.4, 0.5) is 5.69 Å². The Morgan fingerprint density at radius 1 is 0.905 bits per heavy atom. The Balaban J connectivity index is 1.75. The summed E-state index contributed by atoms with van der Waals surface area (Å²) in [6, 6.07) is 20.5. The van der Waals surface area contributed by atoms with Gasteiger partial charge in [0.25, 0.3) is 0 Å². The number of aryl methyl sites for hydroxylation is 1. The first-order valence-corrected chi connectivity index (χ1v) is 16.7. The largest absolute Gasteiger partial charge is 0.352 e. The summed E-state index contributed by atoms with van der Waals surface area (Å²) in [7, 11) is -3.84. The number of sulfonamides is 1. The molecule has 1 N–H and O–H groups in total. The first-order valence-electron chi connectivity index (χ1n) is 14.1. The maximum atomic E-state index is 14.2. The van der Waals surface area contributed by atoms with E-state index in [1.165, 1.54) is 4.90 Å². The van der Waals surface area contributed by atoms with Crippen LogP contribution in [0.15, 0.2) is 72.8 Å². The lowest BCUT2D eigenvalue weighted by Gasteiger charge is -2.35. The van der Waals surface area contributed by atoms with Crippen molar-refractivity contribution in [2.45, 2.75) is 64.1 Å². The molecule has 1 aliphatic rings. The number of nitrogens with zero attached hydrogens (tertiary/aromatic N) is 2. The Morgan fingerprint density at radius 2 is 1.52 bits per heavy atom. The van der Waals surface area contributed by atoms with E-state index in [2.05, 4.69) is 5.32 Å². The third-order valence-electron chi connectivity index (χ3n) is 7.61. The number of carbonyl (C=O) groups excluding carboxylic acids is 2. The molecule has 3 aromatic carbocycles. The van der Waals surface area contributed by atoms with E-state index < -0.39 is 28.5 Å². The van der Waals surface area contributed by atoms with Crippen molar-refractivity contribution in [3.8, 4) is 0 Å². The van der Waals surface area contributed by atoms with Crippen molar-refractivity contribution in [1.29, 1.82) is 0 Å². The van der Waals surface area contributed by atoms with E-state index in [-0.39, 0.29) is 24.9 Å². The molecule has 0 spiro atoms. The van der Waals surface area contributed by atoms with E-state index in [1.54, 1.807) is 42.5 Å². The number of carbonyl (C=O) groups is 2. The van der Waals surface area contributed by atoms with E-state index in [9.17, 15) is 18.0 Å². The maximum absolute atomic E-state index is 14.2. The average molecular weight is 631 g/mol. The summed E-state index contributed by atoms with van der Waals surface area (Å²) in [6.45, 7) is 1.33. The number of benzene rings is 3. The monoisotopic (exact) mass is 629 g/mol. The van der Waals surface area contributed by atoms with Gasteiger partial charge in [0.2, 0.25) is 21.8 Å². The van der Waals surface area contributed by atoms with Gasteiger partial charge in [0.05, 0.1) is 11.9 Å². The lowest BCUT2D eigenvalue weighted by atomic mass is 9.94. The third kappa shape index (κ3) is 8.49. The fourth-order valence-electron chi connectivity index (χ4n) is 5.28. The molecule has 224 valence electrons. The molecule has 0 bridgehead atoms. The van der Waals surface area contributed by atoms with Crippen molar-refractivity contribution in [1.82, 2.24) is 10.2 Å². The Morgan fingerprint density at radius 3 is 2.12 bits per heavy atom. The molecule has 0 aliphatic heterocycles. The molecule has 0 radical (unpaired) electrons. The molecule has 7 nitrogen and oxygen atoms in total. The Bertz CT molecular complexity index is 1460. The van der Waals surface area contributed by atoms with Crippen molar-refractivity contribution < 1.29 is 18.0 Å².